The van der Waals surface area contributed by atoms with Gasteiger partial charge in [-0.05, 0) is 77.0 Å². The Hall–Kier alpha value is -1.31. The minimum atomic E-state index is 0.690. The van der Waals surface area contributed by atoms with Crippen LogP contribution in [0, 0.1) is 0 Å². The van der Waals surface area contributed by atoms with Gasteiger partial charge in [-0.15, -0.1) is 0 Å². The third-order valence-corrected chi connectivity index (χ3v) is 9.06. The molecule has 2 heteroatoms. The number of imidazole rings is 1. The van der Waals surface area contributed by atoms with Gasteiger partial charge in [-0.2, -0.15) is 0 Å². The van der Waals surface area contributed by atoms with Gasteiger partial charge in [-0.1, -0.05) is 147 Å². The number of allylic oxidation sites excluding steroid dienone is 4. The molecule has 0 aliphatic rings. The highest BCUT2D eigenvalue weighted by Gasteiger charge is 2.15. The molecule has 1 unspecified atom stereocenters. The van der Waals surface area contributed by atoms with E-state index in [-0.39, 0.29) is 0 Å². The fourth-order valence-electron chi connectivity index (χ4n) is 6.21. The summed E-state index contributed by atoms with van der Waals surface area (Å²) in [6.45, 7) is 4.59. The Morgan fingerprint density at radius 3 is 1.14 bits per heavy atom. The minimum Gasteiger partial charge on any atom is -0.240 e. The first-order chi connectivity index (χ1) is 20.8. The molecule has 244 valence electrons. The number of rotatable bonds is 32. The predicted octanol–water partition coefficient (Wildman–Crippen LogP) is 13.3. The minimum absolute atomic E-state index is 0.690. The van der Waals surface area contributed by atoms with Crippen LogP contribution in [0.3, 0.4) is 0 Å². The quantitative estimate of drug-likeness (QED) is 0.0453. The molecule has 0 N–H and O–H groups in total. The summed E-state index contributed by atoms with van der Waals surface area (Å²) < 4.78 is 4.70. The first-order valence-corrected chi connectivity index (χ1v) is 19.1. The second-order valence-corrected chi connectivity index (χ2v) is 13.3. The Morgan fingerprint density at radius 1 is 0.476 bits per heavy atom. The molecule has 2 nitrogen and oxygen atoms in total. The predicted molar refractivity (Wildman–Crippen MR) is 188 cm³/mol. The summed E-state index contributed by atoms with van der Waals surface area (Å²) in [5, 5.41) is 0. The van der Waals surface area contributed by atoms with Crippen LogP contribution in [0.2, 0.25) is 0 Å². The van der Waals surface area contributed by atoms with E-state index in [0.717, 1.165) is 0 Å². The van der Waals surface area contributed by atoms with Gasteiger partial charge in [0.1, 0.15) is 18.4 Å². The van der Waals surface area contributed by atoms with Crippen LogP contribution in [0.15, 0.2) is 43.0 Å². The lowest BCUT2D eigenvalue weighted by molar-refractivity contribution is -0.724. The van der Waals surface area contributed by atoms with E-state index in [1.807, 2.05) is 0 Å². The van der Waals surface area contributed by atoms with E-state index in [0.29, 0.717) is 6.04 Å². The Kier molecular flexibility index (Phi) is 28.7. The third kappa shape index (κ3) is 25.2. The van der Waals surface area contributed by atoms with Crippen molar-refractivity contribution >= 4 is 0 Å². The van der Waals surface area contributed by atoms with E-state index in [9.17, 15) is 0 Å². The lowest BCUT2D eigenvalue weighted by Gasteiger charge is -2.14. The van der Waals surface area contributed by atoms with Gasteiger partial charge in [-0.25, -0.2) is 9.13 Å². The van der Waals surface area contributed by atoms with Crippen molar-refractivity contribution in [2.24, 2.45) is 7.05 Å². The number of aromatic nitrogens is 2. The van der Waals surface area contributed by atoms with Gasteiger partial charge in [0.05, 0.1) is 7.05 Å². The number of unbranched alkanes of at least 4 members (excludes halogenated alkanes) is 23. The van der Waals surface area contributed by atoms with Crippen LogP contribution in [0.1, 0.15) is 206 Å². The first-order valence-electron chi connectivity index (χ1n) is 19.1. The largest absolute Gasteiger partial charge is 0.243 e. The van der Waals surface area contributed by atoms with Crippen LogP contribution in [-0.2, 0) is 7.05 Å². The topological polar surface area (TPSA) is 8.81 Å². The highest BCUT2D eigenvalue weighted by Crippen LogP contribution is 2.20. The van der Waals surface area contributed by atoms with Crippen LogP contribution in [-0.4, -0.2) is 4.57 Å². The molecule has 1 rings (SSSR count). The van der Waals surface area contributed by atoms with Crippen molar-refractivity contribution in [2.75, 3.05) is 0 Å². The van der Waals surface area contributed by atoms with Crippen molar-refractivity contribution in [1.29, 1.82) is 0 Å². The number of aryl methyl sites for hydroxylation is 1. The Morgan fingerprint density at radius 2 is 0.810 bits per heavy atom. The number of hydrogen-bond acceptors (Lipinski definition) is 0. The molecular formula is C40H75N2+. The van der Waals surface area contributed by atoms with Crippen molar-refractivity contribution in [3.63, 3.8) is 0 Å². The van der Waals surface area contributed by atoms with Crippen molar-refractivity contribution in [1.82, 2.24) is 4.57 Å². The van der Waals surface area contributed by atoms with Crippen LogP contribution in [0.25, 0.3) is 0 Å². The molecule has 0 aliphatic carbocycles. The summed E-state index contributed by atoms with van der Waals surface area (Å²) in [7, 11) is 2.15. The highest BCUT2D eigenvalue weighted by molar-refractivity contribution is 4.82. The van der Waals surface area contributed by atoms with Gasteiger partial charge in [0.25, 0.3) is 0 Å². The Bertz CT molecular complexity index is 715. The molecule has 0 aromatic carbocycles. The summed E-state index contributed by atoms with van der Waals surface area (Å²) in [6.07, 6.45) is 56.7. The smallest absolute Gasteiger partial charge is 0.240 e. The van der Waals surface area contributed by atoms with Crippen molar-refractivity contribution in [3.05, 3.63) is 43.0 Å². The Balaban J connectivity index is 2.01. The molecule has 42 heavy (non-hydrogen) atoms. The van der Waals surface area contributed by atoms with E-state index in [1.54, 1.807) is 0 Å². The monoisotopic (exact) mass is 584 g/mol. The lowest BCUT2D eigenvalue weighted by atomic mass is 9.99. The van der Waals surface area contributed by atoms with Crippen LogP contribution in [0.5, 0.6) is 0 Å². The fraction of sp³-hybridized carbons (Fsp3) is 0.825. The SMILES string of the molecule is CCCCCCC/C=C/CCCCCCCCC(CCCCCCCC/C=C/CCCCCCCC)[n+]1ccn(C)c1. The molecule has 0 bridgehead atoms. The van der Waals surface area contributed by atoms with E-state index >= 15 is 0 Å². The highest BCUT2D eigenvalue weighted by atomic mass is 15.1. The molecule has 0 saturated heterocycles. The molecule has 0 saturated carbocycles. The van der Waals surface area contributed by atoms with Gasteiger partial charge >= 0.3 is 0 Å². The molecule has 1 atom stereocenters. The second kappa shape index (κ2) is 31.1. The maximum atomic E-state index is 2.49. The van der Waals surface area contributed by atoms with Crippen molar-refractivity contribution in [3.8, 4) is 0 Å². The van der Waals surface area contributed by atoms with E-state index < -0.39 is 0 Å². The molecule has 1 aromatic heterocycles. The first kappa shape index (κ1) is 38.7. The molecule has 0 spiro atoms. The fourth-order valence-corrected chi connectivity index (χ4v) is 6.21. The van der Waals surface area contributed by atoms with Crippen molar-refractivity contribution in [2.45, 2.75) is 206 Å². The van der Waals surface area contributed by atoms with Gasteiger partial charge in [0, 0.05) is 0 Å². The number of nitrogens with zero attached hydrogens (tertiary/aromatic N) is 2. The van der Waals surface area contributed by atoms with E-state index in [2.05, 4.69) is 73.1 Å². The Labute approximate surface area is 264 Å². The zero-order valence-corrected chi connectivity index (χ0v) is 29.0. The summed E-state index contributed by atoms with van der Waals surface area (Å²) >= 11 is 0. The normalized spacial score (nSPS) is 12.7. The molecule has 0 fully saturated rings. The number of hydrogen-bond donors (Lipinski definition) is 0. The second-order valence-electron chi connectivity index (χ2n) is 13.3. The molecule has 1 aromatic rings. The standard InChI is InChI=1S/C40H75N2/c1-4-6-8-10-12-14-16-18-20-22-24-26-28-30-32-34-36-40(42-38-37-41(3)39-42)35-33-31-29-27-25-23-21-19-17-15-13-11-9-7-5-2/h17-20,37-40H,4-16,21-36H2,1-3H3/q+1/b19-17+,20-18+. The third-order valence-electron chi connectivity index (χ3n) is 9.06. The van der Waals surface area contributed by atoms with Gasteiger partial charge in [0.2, 0.25) is 6.33 Å². The average molecular weight is 584 g/mol. The maximum absolute atomic E-state index is 2.49. The van der Waals surface area contributed by atoms with Crippen LogP contribution in [0.4, 0.5) is 0 Å². The molecular weight excluding hydrogens is 508 g/mol. The molecule has 0 amide bonds. The summed E-state index contributed by atoms with van der Waals surface area (Å²) in [5.41, 5.74) is 0. The molecule has 1 heterocycles. The average Bonchev–Trinajstić information content (AvgIpc) is 3.43. The lowest BCUT2D eigenvalue weighted by Crippen LogP contribution is -2.37. The summed E-state index contributed by atoms with van der Waals surface area (Å²) in [5.74, 6) is 0. The zero-order valence-electron chi connectivity index (χ0n) is 29.0. The van der Waals surface area contributed by atoms with Gasteiger partial charge < -0.3 is 0 Å². The van der Waals surface area contributed by atoms with Crippen LogP contribution >= 0.6 is 0 Å². The van der Waals surface area contributed by atoms with E-state index in [1.165, 1.54) is 186 Å². The summed E-state index contributed by atoms with van der Waals surface area (Å²) in [4.78, 5) is 0. The molecule has 0 radical (unpaired) electrons. The van der Waals surface area contributed by atoms with E-state index in [4.69, 9.17) is 0 Å². The summed E-state index contributed by atoms with van der Waals surface area (Å²) in [6, 6.07) is 0.690. The van der Waals surface area contributed by atoms with Gasteiger partial charge in [-0.3, -0.25) is 0 Å². The zero-order chi connectivity index (χ0) is 30.2. The van der Waals surface area contributed by atoms with Gasteiger partial charge in [0.15, 0.2) is 0 Å². The van der Waals surface area contributed by atoms with Crippen LogP contribution < -0.4 is 4.57 Å². The van der Waals surface area contributed by atoms with Crippen molar-refractivity contribution < 1.29 is 4.57 Å². The maximum Gasteiger partial charge on any atom is 0.243 e. The molecule has 0 aliphatic heterocycles.